The second kappa shape index (κ2) is 3.23. The van der Waals surface area contributed by atoms with Crippen molar-refractivity contribution in [2.24, 2.45) is 0 Å². The molecule has 0 bridgehead atoms. The van der Waals surface area contributed by atoms with Crippen LogP contribution in [0, 0.1) is 0 Å². The SMILES string of the molecule is OCCCc1nnc(C2CC2)o1. The van der Waals surface area contributed by atoms with Crippen molar-refractivity contribution < 1.29 is 9.52 Å². The molecule has 1 aromatic rings. The summed E-state index contributed by atoms with van der Waals surface area (Å²) >= 11 is 0. The third kappa shape index (κ3) is 1.64. The van der Waals surface area contributed by atoms with Crippen LogP contribution in [0.3, 0.4) is 0 Å². The van der Waals surface area contributed by atoms with E-state index in [9.17, 15) is 0 Å². The predicted molar refractivity (Wildman–Crippen MR) is 41.7 cm³/mol. The quantitative estimate of drug-likeness (QED) is 0.724. The van der Waals surface area contributed by atoms with E-state index in [-0.39, 0.29) is 6.61 Å². The summed E-state index contributed by atoms with van der Waals surface area (Å²) in [6.45, 7) is 0.182. The first-order valence-electron chi connectivity index (χ1n) is 4.33. The highest BCUT2D eigenvalue weighted by atomic mass is 16.4. The topological polar surface area (TPSA) is 59.2 Å². The largest absolute Gasteiger partial charge is 0.425 e. The minimum Gasteiger partial charge on any atom is -0.425 e. The Bertz CT molecular complexity index is 255. The molecule has 0 aromatic carbocycles. The standard InChI is InChI=1S/C8H12N2O2/c11-5-1-2-7-9-10-8(12-7)6-3-4-6/h6,11H,1-5H2. The zero-order valence-electron chi connectivity index (χ0n) is 6.86. The fraction of sp³-hybridized carbons (Fsp3) is 0.750. The van der Waals surface area contributed by atoms with Crippen LogP contribution in [0.25, 0.3) is 0 Å². The Morgan fingerprint density at radius 2 is 2.25 bits per heavy atom. The van der Waals surface area contributed by atoms with Crippen LogP contribution in [0.5, 0.6) is 0 Å². The van der Waals surface area contributed by atoms with E-state index in [4.69, 9.17) is 9.52 Å². The van der Waals surface area contributed by atoms with Crippen molar-refractivity contribution >= 4 is 0 Å². The predicted octanol–water partition coefficient (Wildman–Crippen LogP) is 0.872. The lowest BCUT2D eigenvalue weighted by Gasteiger charge is -1.89. The Balaban J connectivity index is 1.93. The van der Waals surface area contributed by atoms with Gasteiger partial charge in [0.05, 0.1) is 0 Å². The summed E-state index contributed by atoms with van der Waals surface area (Å²) in [5.41, 5.74) is 0. The average Bonchev–Trinajstić information content (AvgIpc) is 2.83. The molecule has 1 fully saturated rings. The molecule has 1 N–H and O–H groups in total. The second-order valence-corrected chi connectivity index (χ2v) is 3.14. The monoisotopic (exact) mass is 168 g/mol. The molecule has 4 nitrogen and oxygen atoms in total. The van der Waals surface area contributed by atoms with E-state index in [1.54, 1.807) is 0 Å². The zero-order chi connectivity index (χ0) is 8.39. The third-order valence-corrected chi connectivity index (χ3v) is 1.96. The lowest BCUT2D eigenvalue weighted by molar-refractivity contribution is 0.282. The molecule has 1 aliphatic rings. The van der Waals surface area contributed by atoms with Gasteiger partial charge in [0.1, 0.15) is 0 Å². The maximum Gasteiger partial charge on any atom is 0.219 e. The highest BCUT2D eigenvalue weighted by Gasteiger charge is 2.29. The lowest BCUT2D eigenvalue weighted by atomic mass is 10.3. The van der Waals surface area contributed by atoms with Crippen molar-refractivity contribution in [3.05, 3.63) is 11.8 Å². The Labute approximate surface area is 70.6 Å². The van der Waals surface area contributed by atoms with E-state index in [0.29, 0.717) is 24.7 Å². The number of nitrogens with zero attached hydrogens (tertiary/aromatic N) is 2. The molecule has 1 aromatic heterocycles. The van der Waals surface area contributed by atoms with Crippen molar-refractivity contribution in [3.8, 4) is 0 Å². The Morgan fingerprint density at radius 1 is 1.42 bits per heavy atom. The normalized spacial score (nSPS) is 16.8. The lowest BCUT2D eigenvalue weighted by Crippen LogP contribution is -1.88. The van der Waals surface area contributed by atoms with Gasteiger partial charge < -0.3 is 9.52 Å². The van der Waals surface area contributed by atoms with Gasteiger partial charge in [0.25, 0.3) is 0 Å². The molecule has 0 saturated heterocycles. The molecule has 2 rings (SSSR count). The summed E-state index contributed by atoms with van der Waals surface area (Å²) in [6, 6.07) is 0. The molecule has 1 heterocycles. The number of aliphatic hydroxyl groups is 1. The van der Waals surface area contributed by atoms with E-state index >= 15 is 0 Å². The van der Waals surface area contributed by atoms with Crippen LogP contribution in [-0.4, -0.2) is 21.9 Å². The summed E-state index contributed by atoms with van der Waals surface area (Å²) in [4.78, 5) is 0. The van der Waals surface area contributed by atoms with E-state index in [0.717, 1.165) is 5.89 Å². The van der Waals surface area contributed by atoms with Gasteiger partial charge in [0, 0.05) is 18.9 Å². The van der Waals surface area contributed by atoms with Gasteiger partial charge in [-0.25, -0.2) is 0 Å². The average molecular weight is 168 g/mol. The Hall–Kier alpha value is -0.900. The molecular formula is C8H12N2O2. The van der Waals surface area contributed by atoms with E-state index in [2.05, 4.69) is 10.2 Å². The summed E-state index contributed by atoms with van der Waals surface area (Å²) in [5.74, 6) is 1.97. The molecule has 0 radical (unpaired) electrons. The number of hydrogen-bond donors (Lipinski definition) is 1. The highest BCUT2D eigenvalue weighted by Crippen LogP contribution is 2.38. The zero-order valence-corrected chi connectivity index (χ0v) is 6.86. The first kappa shape index (κ1) is 7.73. The second-order valence-electron chi connectivity index (χ2n) is 3.14. The summed E-state index contributed by atoms with van der Waals surface area (Å²) in [5, 5.41) is 16.4. The van der Waals surface area contributed by atoms with Crippen LogP contribution < -0.4 is 0 Å². The number of aliphatic hydroxyl groups excluding tert-OH is 1. The molecule has 1 aliphatic carbocycles. The molecule has 0 spiro atoms. The van der Waals surface area contributed by atoms with Crippen molar-refractivity contribution in [3.63, 3.8) is 0 Å². The van der Waals surface area contributed by atoms with Gasteiger partial charge in [-0.15, -0.1) is 10.2 Å². The first-order valence-corrected chi connectivity index (χ1v) is 4.33. The first-order chi connectivity index (χ1) is 5.90. The van der Waals surface area contributed by atoms with Crippen LogP contribution in [0.4, 0.5) is 0 Å². The van der Waals surface area contributed by atoms with Gasteiger partial charge in [0.15, 0.2) is 0 Å². The smallest absolute Gasteiger partial charge is 0.219 e. The molecule has 12 heavy (non-hydrogen) atoms. The number of aryl methyl sites for hydroxylation is 1. The van der Waals surface area contributed by atoms with E-state index in [1.165, 1.54) is 12.8 Å². The summed E-state index contributed by atoms with van der Waals surface area (Å²) in [7, 11) is 0. The van der Waals surface area contributed by atoms with Crippen molar-refractivity contribution in [1.29, 1.82) is 0 Å². The molecule has 66 valence electrons. The number of hydrogen-bond acceptors (Lipinski definition) is 4. The molecular weight excluding hydrogens is 156 g/mol. The van der Waals surface area contributed by atoms with Crippen molar-refractivity contribution in [2.75, 3.05) is 6.61 Å². The Morgan fingerprint density at radius 3 is 2.92 bits per heavy atom. The number of rotatable bonds is 4. The van der Waals surface area contributed by atoms with Crippen molar-refractivity contribution in [2.45, 2.75) is 31.6 Å². The van der Waals surface area contributed by atoms with Crippen molar-refractivity contribution in [1.82, 2.24) is 10.2 Å². The minimum absolute atomic E-state index is 0.182. The van der Waals surface area contributed by atoms with Crippen LogP contribution in [0.1, 0.15) is 37.0 Å². The maximum atomic E-state index is 8.57. The van der Waals surface area contributed by atoms with E-state index < -0.39 is 0 Å². The van der Waals surface area contributed by atoms with Crippen LogP contribution >= 0.6 is 0 Å². The van der Waals surface area contributed by atoms with Crippen LogP contribution in [0.2, 0.25) is 0 Å². The van der Waals surface area contributed by atoms with Gasteiger partial charge in [-0.3, -0.25) is 0 Å². The molecule has 4 heteroatoms. The third-order valence-electron chi connectivity index (χ3n) is 1.96. The molecule has 0 atom stereocenters. The fourth-order valence-electron chi connectivity index (χ4n) is 1.09. The highest BCUT2D eigenvalue weighted by molar-refractivity contribution is 5.00. The van der Waals surface area contributed by atoms with Crippen LogP contribution in [-0.2, 0) is 6.42 Å². The molecule has 0 unspecified atom stereocenters. The molecule has 1 saturated carbocycles. The minimum atomic E-state index is 0.182. The van der Waals surface area contributed by atoms with Gasteiger partial charge in [-0.1, -0.05) is 0 Å². The van der Waals surface area contributed by atoms with Gasteiger partial charge in [0.2, 0.25) is 11.8 Å². The number of aromatic nitrogens is 2. The van der Waals surface area contributed by atoms with Crippen LogP contribution in [0.15, 0.2) is 4.42 Å². The summed E-state index contributed by atoms with van der Waals surface area (Å²) < 4.78 is 5.38. The molecule has 0 amide bonds. The van der Waals surface area contributed by atoms with E-state index in [1.807, 2.05) is 0 Å². The molecule has 0 aliphatic heterocycles. The fourth-order valence-corrected chi connectivity index (χ4v) is 1.09. The van der Waals surface area contributed by atoms with Gasteiger partial charge >= 0.3 is 0 Å². The Kier molecular flexibility index (Phi) is 2.08. The van der Waals surface area contributed by atoms with Gasteiger partial charge in [-0.2, -0.15) is 0 Å². The maximum absolute atomic E-state index is 8.57. The summed E-state index contributed by atoms with van der Waals surface area (Å²) in [6.07, 6.45) is 3.76. The van der Waals surface area contributed by atoms with Gasteiger partial charge in [-0.05, 0) is 19.3 Å².